The average molecular weight is 151 g/mol. The van der Waals surface area contributed by atoms with Gasteiger partial charge in [0.2, 0.25) is 6.08 Å². The Labute approximate surface area is 67.4 Å². The maximum Gasteiger partial charge on any atom is 0.231 e. The summed E-state index contributed by atoms with van der Waals surface area (Å²) in [6, 6.07) is 12.0. The minimum Gasteiger partial charge on any atom is -0.222 e. The topological polar surface area (TPSA) is 40.9 Å². The fourth-order valence-electron chi connectivity index (χ4n) is 0.385. The van der Waals surface area contributed by atoms with E-state index in [9.17, 15) is 0 Å². The van der Waals surface area contributed by atoms with Crippen LogP contribution in [0.5, 0.6) is 0 Å². The van der Waals surface area contributed by atoms with Crippen LogP contribution in [0.4, 0.5) is 0 Å². The molecule has 1 aromatic rings. The average Bonchev–Trinajstić information content (AvgIpc) is 2.12. The van der Waals surface area contributed by atoms with Crippen LogP contribution >= 0.6 is 0 Å². The van der Waals surface area contributed by atoms with Crippen LogP contribution in [0.25, 0.3) is 0 Å². The van der Waals surface area contributed by atoms with Crippen LogP contribution < -0.4 is 0 Å². The van der Waals surface area contributed by atoms with E-state index in [4.69, 9.17) is 10.2 Å². The lowest BCUT2D eigenvalue weighted by molar-refractivity contribution is 0.563. The van der Waals surface area contributed by atoms with Crippen LogP contribution in [0.15, 0.2) is 36.4 Å². The molecule has 0 aliphatic heterocycles. The molecule has 11 heavy (non-hydrogen) atoms. The number of hydrogen-bond donors (Lipinski definition) is 1. The SMILES string of the molecule is CC.N=C=O.c1ccccc1. The maximum atomic E-state index is 8.35. The number of benzene rings is 1. The lowest BCUT2D eigenvalue weighted by atomic mass is 10.4. The van der Waals surface area contributed by atoms with Gasteiger partial charge in [0.05, 0.1) is 0 Å². The Hall–Kier alpha value is -1.40. The molecular formula is C9H13NO. The zero-order chi connectivity index (χ0) is 8.95. The van der Waals surface area contributed by atoms with E-state index in [1.54, 1.807) is 0 Å². The normalized spacial score (nSPS) is 5.64. The summed E-state index contributed by atoms with van der Waals surface area (Å²) in [5.74, 6) is 0. The molecule has 0 aromatic heterocycles. The van der Waals surface area contributed by atoms with Gasteiger partial charge in [-0.15, -0.1) is 0 Å². The lowest BCUT2D eigenvalue weighted by Crippen LogP contribution is -1.47. The van der Waals surface area contributed by atoms with Crippen molar-refractivity contribution in [1.29, 1.82) is 5.41 Å². The van der Waals surface area contributed by atoms with Crippen molar-refractivity contribution in [3.8, 4) is 0 Å². The highest BCUT2D eigenvalue weighted by atomic mass is 16.1. The predicted molar refractivity (Wildman–Crippen MR) is 46.2 cm³/mol. The maximum absolute atomic E-state index is 8.35. The van der Waals surface area contributed by atoms with E-state index in [0.717, 1.165) is 6.08 Å². The molecule has 1 N–H and O–H groups in total. The summed E-state index contributed by atoms with van der Waals surface area (Å²) in [4.78, 5) is 8.35. The molecular weight excluding hydrogens is 138 g/mol. The molecule has 0 saturated heterocycles. The first-order chi connectivity index (χ1) is 5.41. The third-order valence-electron chi connectivity index (χ3n) is 0.667. The molecule has 1 rings (SSSR count). The second-order valence-electron chi connectivity index (χ2n) is 1.26. The summed E-state index contributed by atoms with van der Waals surface area (Å²) >= 11 is 0. The van der Waals surface area contributed by atoms with Crippen LogP contribution in [-0.4, -0.2) is 6.08 Å². The van der Waals surface area contributed by atoms with Crippen molar-refractivity contribution in [2.75, 3.05) is 0 Å². The predicted octanol–water partition coefficient (Wildman–Crippen LogP) is 2.61. The third-order valence-corrected chi connectivity index (χ3v) is 0.667. The molecule has 0 atom stereocenters. The van der Waals surface area contributed by atoms with Crippen molar-refractivity contribution >= 4 is 6.08 Å². The van der Waals surface area contributed by atoms with Gasteiger partial charge in [0.25, 0.3) is 0 Å². The number of nitrogens with one attached hydrogen (secondary N) is 1. The van der Waals surface area contributed by atoms with Crippen LogP contribution in [0, 0.1) is 5.41 Å². The Morgan fingerprint density at radius 1 is 0.909 bits per heavy atom. The van der Waals surface area contributed by atoms with Crippen molar-refractivity contribution in [2.45, 2.75) is 13.8 Å². The first-order valence-electron chi connectivity index (χ1n) is 3.45. The molecule has 0 heterocycles. The summed E-state index contributed by atoms with van der Waals surface area (Å²) in [5.41, 5.74) is 0. The van der Waals surface area contributed by atoms with E-state index in [2.05, 4.69) is 0 Å². The Kier molecular flexibility index (Phi) is 17.7. The Balaban J connectivity index is 0. The molecule has 0 saturated carbocycles. The second-order valence-corrected chi connectivity index (χ2v) is 1.26. The van der Waals surface area contributed by atoms with Gasteiger partial charge < -0.3 is 0 Å². The van der Waals surface area contributed by atoms with Crippen molar-refractivity contribution in [1.82, 2.24) is 0 Å². The zero-order valence-corrected chi connectivity index (χ0v) is 6.87. The van der Waals surface area contributed by atoms with E-state index in [1.807, 2.05) is 50.2 Å². The second kappa shape index (κ2) is 15.8. The molecule has 0 bridgehead atoms. The van der Waals surface area contributed by atoms with Crippen LogP contribution in [0.3, 0.4) is 0 Å². The first-order valence-corrected chi connectivity index (χ1v) is 3.45. The van der Waals surface area contributed by atoms with Crippen molar-refractivity contribution in [3.63, 3.8) is 0 Å². The van der Waals surface area contributed by atoms with Crippen LogP contribution in [0.2, 0.25) is 0 Å². The fourth-order valence-corrected chi connectivity index (χ4v) is 0.385. The summed E-state index contributed by atoms with van der Waals surface area (Å²) in [6.45, 7) is 4.00. The Morgan fingerprint density at radius 3 is 1.09 bits per heavy atom. The smallest absolute Gasteiger partial charge is 0.222 e. The number of rotatable bonds is 0. The van der Waals surface area contributed by atoms with Gasteiger partial charge in [-0.3, -0.25) is 0 Å². The molecule has 2 nitrogen and oxygen atoms in total. The van der Waals surface area contributed by atoms with Crippen LogP contribution in [-0.2, 0) is 4.79 Å². The summed E-state index contributed by atoms with van der Waals surface area (Å²) in [7, 11) is 0. The quantitative estimate of drug-likeness (QED) is 0.449. The van der Waals surface area contributed by atoms with Crippen molar-refractivity contribution in [2.24, 2.45) is 0 Å². The molecule has 2 heteroatoms. The highest BCUT2D eigenvalue weighted by molar-refractivity contribution is 5.26. The number of carbonyl (C=O) groups excluding carboxylic acids is 1. The van der Waals surface area contributed by atoms with Gasteiger partial charge in [0.1, 0.15) is 0 Å². The number of isocyanates is 1. The highest BCUT2D eigenvalue weighted by Crippen LogP contribution is 1.79. The number of hydrogen-bond acceptors (Lipinski definition) is 2. The van der Waals surface area contributed by atoms with Gasteiger partial charge in [-0.05, 0) is 0 Å². The monoisotopic (exact) mass is 151 g/mol. The van der Waals surface area contributed by atoms with Gasteiger partial charge in [-0.25, -0.2) is 10.2 Å². The van der Waals surface area contributed by atoms with E-state index < -0.39 is 0 Å². The zero-order valence-electron chi connectivity index (χ0n) is 6.87. The van der Waals surface area contributed by atoms with Crippen LogP contribution in [0.1, 0.15) is 13.8 Å². The summed E-state index contributed by atoms with van der Waals surface area (Å²) in [5, 5.41) is 5.40. The highest BCUT2D eigenvalue weighted by Gasteiger charge is 1.57. The van der Waals surface area contributed by atoms with Crippen molar-refractivity contribution < 1.29 is 4.79 Å². The molecule has 0 unspecified atom stereocenters. The minimum absolute atomic E-state index is 0.750. The molecule has 1 aromatic carbocycles. The van der Waals surface area contributed by atoms with Gasteiger partial charge >= 0.3 is 0 Å². The van der Waals surface area contributed by atoms with E-state index in [0.29, 0.717) is 0 Å². The fraction of sp³-hybridized carbons (Fsp3) is 0.222. The Morgan fingerprint density at radius 2 is 1.00 bits per heavy atom. The third kappa shape index (κ3) is 17.7. The molecule has 0 spiro atoms. The van der Waals surface area contributed by atoms with E-state index in [-0.39, 0.29) is 0 Å². The van der Waals surface area contributed by atoms with Gasteiger partial charge in [0.15, 0.2) is 0 Å². The largest absolute Gasteiger partial charge is 0.231 e. The van der Waals surface area contributed by atoms with E-state index >= 15 is 0 Å². The first kappa shape index (κ1) is 12.3. The summed E-state index contributed by atoms with van der Waals surface area (Å²) < 4.78 is 0. The van der Waals surface area contributed by atoms with Gasteiger partial charge in [-0.2, -0.15) is 0 Å². The van der Waals surface area contributed by atoms with Gasteiger partial charge in [-0.1, -0.05) is 50.2 Å². The molecule has 0 aliphatic rings. The standard InChI is InChI=1S/C6H6.C2H6.CHNO/c1-2-4-6-5-3-1;1-2;2-1-3/h1-6H;1-2H3;2H. The summed E-state index contributed by atoms with van der Waals surface area (Å²) in [6.07, 6.45) is 0.750. The van der Waals surface area contributed by atoms with Crippen molar-refractivity contribution in [3.05, 3.63) is 36.4 Å². The Bertz CT molecular complexity index is 139. The molecule has 60 valence electrons. The minimum atomic E-state index is 0.750. The van der Waals surface area contributed by atoms with E-state index in [1.165, 1.54) is 0 Å². The lowest BCUT2D eigenvalue weighted by Gasteiger charge is -1.69. The molecule has 0 amide bonds. The molecule has 0 aliphatic carbocycles. The molecule has 0 fully saturated rings. The van der Waals surface area contributed by atoms with Gasteiger partial charge in [0, 0.05) is 0 Å². The molecule has 0 radical (unpaired) electrons.